The highest BCUT2D eigenvalue weighted by atomic mass is 15.3. The lowest BCUT2D eigenvalue weighted by molar-refractivity contribution is 0.497. The minimum Gasteiger partial charge on any atom is -0.367 e. The summed E-state index contributed by atoms with van der Waals surface area (Å²) in [6.07, 6.45) is 24.3. The Labute approximate surface area is 488 Å². The van der Waals surface area contributed by atoms with Gasteiger partial charge in [-0.2, -0.15) is 35.8 Å². The summed E-state index contributed by atoms with van der Waals surface area (Å²) in [6, 6.07) is 10.4. The molecule has 0 saturated heterocycles. The molecule has 0 fully saturated rings. The summed E-state index contributed by atoms with van der Waals surface area (Å²) in [6.45, 7) is 58.9. The van der Waals surface area contributed by atoms with Gasteiger partial charge in [0.05, 0.1) is 36.7 Å². The van der Waals surface area contributed by atoms with Crippen molar-refractivity contribution in [3.05, 3.63) is 162 Å². The molecule has 0 bridgehead atoms. The Morgan fingerprint density at radius 2 is 0.988 bits per heavy atom. The molecule has 0 atom stereocenters. The third-order valence-electron chi connectivity index (χ3n) is 11.8. The van der Waals surface area contributed by atoms with Crippen LogP contribution in [0.15, 0.2) is 127 Å². The number of hydrogen-bond acceptors (Lipinski definition) is 9. The van der Waals surface area contributed by atoms with Crippen molar-refractivity contribution in [1.29, 1.82) is 0 Å². The fourth-order valence-corrected chi connectivity index (χ4v) is 6.26. The molecule has 9 heterocycles. The molecule has 0 radical (unpaired) electrons. The van der Waals surface area contributed by atoms with Gasteiger partial charge in [-0.3, -0.25) is 10.2 Å². The minimum absolute atomic E-state index is 0.0938. The van der Waals surface area contributed by atoms with Crippen molar-refractivity contribution in [3.8, 4) is 0 Å². The Balaban J connectivity index is 0.000000456. The van der Waals surface area contributed by atoms with E-state index >= 15 is 0 Å². The van der Waals surface area contributed by atoms with Crippen LogP contribution in [0, 0.1) is 5.41 Å². The zero-order valence-electron chi connectivity index (χ0n) is 55.1. The van der Waals surface area contributed by atoms with Crippen LogP contribution < -0.4 is 0 Å². The van der Waals surface area contributed by atoms with Crippen molar-refractivity contribution in [3.63, 3.8) is 0 Å². The van der Waals surface area contributed by atoms with Crippen molar-refractivity contribution in [2.75, 3.05) is 6.54 Å². The van der Waals surface area contributed by atoms with Gasteiger partial charge in [0.15, 0.2) is 0 Å². The lowest BCUT2D eigenvalue weighted by Crippen LogP contribution is -2.13. The van der Waals surface area contributed by atoms with Crippen LogP contribution in [-0.4, -0.2) is 82.2 Å². The van der Waals surface area contributed by atoms with Crippen LogP contribution in [0.4, 0.5) is 0 Å². The maximum absolute atomic E-state index is 4.13. The number of nitrogens with zero attached hydrogens (tertiary/aromatic N) is 9. The zero-order chi connectivity index (χ0) is 62.2. The zero-order valence-corrected chi connectivity index (χ0v) is 55.1. The van der Waals surface area contributed by atoms with Crippen molar-refractivity contribution in [2.24, 2.45) is 15.6 Å². The SMILES string of the molecule is CC(C)(C)C1=CCN=N1.CC(C)(C)c1cc[nH]c1.CC(C)(C)c1ccc[nH]1.CC(C)(C)c1ccc[nH]1.CC(C)(C)c1cn[nH]c1.CC(C)(C)c1cn[nH]n1.CC(C)(C)c1cnc[nH]1.CC(C)(C)c1ncc[nH]1.CC(C)(C)c1ncn[nH]1. The first-order chi connectivity index (χ1) is 36.9. The van der Waals surface area contributed by atoms with E-state index in [2.05, 4.69) is 297 Å². The summed E-state index contributed by atoms with van der Waals surface area (Å²) in [5.41, 5.74) is 10.3. The standard InChI is InChI=1S/3C8H13N.4C7H12N2.2C6H11N3/c1-8(2,3)7-4-5-9-6-7;2*1-8(2,3)7-5-4-6-9-7;1-7(2,3)6-4-8-5-9-6;1-7(2,3)6-4-8-9-5-6;1-7(2,3)6-8-4-5-9-6;1-7(2,3)6-4-5-8-9-6;1-6(2,3)5-7-4-8-9-5;1-6(2,3)5-4-7-9-8-5/h3*4-6,9H,1-3H3;3*4-5H,1-3H3,(H,8,9);4H,5H2,1-3H3;2*4H,1-3H3,(H,7,8,9). The van der Waals surface area contributed by atoms with E-state index in [1.54, 1.807) is 18.7 Å². The Kier molecular flexibility index (Phi) is 27.9. The Morgan fingerprint density at radius 1 is 0.432 bits per heavy atom. The lowest BCUT2D eigenvalue weighted by atomic mass is 9.89. The predicted molar refractivity (Wildman–Crippen MR) is 338 cm³/mol. The third kappa shape index (κ3) is 30.5. The Morgan fingerprint density at radius 3 is 1.19 bits per heavy atom. The summed E-state index contributed by atoms with van der Waals surface area (Å²) in [5, 5.41) is 31.3. The second kappa shape index (κ2) is 31.3. The van der Waals surface area contributed by atoms with E-state index in [0.29, 0.717) is 5.41 Å². The van der Waals surface area contributed by atoms with Crippen molar-refractivity contribution in [1.82, 2.24) is 75.7 Å². The van der Waals surface area contributed by atoms with Crippen LogP contribution in [0.3, 0.4) is 0 Å². The second-order valence-electron chi connectivity index (χ2n) is 29.1. The third-order valence-corrected chi connectivity index (χ3v) is 11.8. The summed E-state index contributed by atoms with van der Waals surface area (Å²) in [7, 11) is 0. The van der Waals surface area contributed by atoms with Crippen LogP contribution in [0.1, 0.15) is 232 Å². The quantitative estimate of drug-likeness (QED) is 0.0730. The van der Waals surface area contributed by atoms with Crippen LogP contribution in [0.5, 0.6) is 0 Å². The smallest absolute Gasteiger partial charge is 0.137 e. The van der Waals surface area contributed by atoms with Gasteiger partial charge in [0.1, 0.15) is 18.0 Å². The van der Waals surface area contributed by atoms with E-state index < -0.39 is 0 Å². The summed E-state index contributed by atoms with van der Waals surface area (Å²) in [5.74, 6) is 1.98. The van der Waals surface area contributed by atoms with Gasteiger partial charge in [-0.1, -0.05) is 187 Å². The van der Waals surface area contributed by atoms with E-state index in [1.165, 1.54) is 34.5 Å². The number of nitrogens with one attached hydrogen (secondary N) is 8. The molecular weight excluding hydrogens is 1010 g/mol. The molecule has 17 heteroatoms. The summed E-state index contributed by atoms with van der Waals surface area (Å²) in [4.78, 5) is 27.6. The summed E-state index contributed by atoms with van der Waals surface area (Å²) < 4.78 is 0. The normalized spacial score (nSPS) is 12.6. The number of aromatic nitrogens is 15. The minimum atomic E-state index is 0.0938. The molecule has 1 aliphatic heterocycles. The van der Waals surface area contributed by atoms with Gasteiger partial charge in [-0.15, -0.1) is 0 Å². The van der Waals surface area contributed by atoms with E-state index in [4.69, 9.17) is 0 Å². The van der Waals surface area contributed by atoms with Gasteiger partial charge in [-0.05, 0) is 58.4 Å². The van der Waals surface area contributed by atoms with Gasteiger partial charge in [0.2, 0.25) is 0 Å². The molecule has 0 unspecified atom stereocenters. The number of azo groups is 1. The number of imidazole rings is 2. The van der Waals surface area contributed by atoms with Crippen LogP contribution in [-0.2, 0) is 43.3 Å². The second-order valence-corrected chi connectivity index (χ2v) is 29.1. The van der Waals surface area contributed by atoms with Gasteiger partial charge in [-0.25, -0.2) is 15.0 Å². The highest BCUT2D eigenvalue weighted by Gasteiger charge is 2.20. The van der Waals surface area contributed by atoms with Crippen LogP contribution >= 0.6 is 0 Å². The molecule has 0 amide bonds. The maximum Gasteiger partial charge on any atom is 0.137 e. The van der Waals surface area contributed by atoms with E-state index in [0.717, 1.165) is 29.6 Å². The first-order valence-electron chi connectivity index (χ1n) is 28.1. The van der Waals surface area contributed by atoms with E-state index in [-0.39, 0.29) is 43.3 Å². The van der Waals surface area contributed by atoms with E-state index in [1.807, 2.05) is 61.7 Å². The first-order valence-corrected chi connectivity index (χ1v) is 28.1. The first kappa shape index (κ1) is 72.1. The van der Waals surface area contributed by atoms with Gasteiger partial charge >= 0.3 is 0 Å². The molecule has 0 aliphatic carbocycles. The highest BCUT2D eigenvalue weighted by molar-refractivity contribution is 5.18. The molecule has 8 N–H and O–H groups in total. The molecule has 450 valence electrons. The van der Waals surface area contributed by atoms with Crippen molar-refractivity contribution < 1.29 is 0 Å². The average Bonchev–Trinajstić information content (AvgIpc) is 4.21. The maximum atomic E-state index is 4.13. The van der Waals surface area contributed by atoms with Gasteiger partial charge < -0.3 is 24.9 Å². The van der Waals surface area contributed by atoms with Gasteiger partial charge in [0, 0.05) is 105 Å². The number of aromatic amines is 8. The van der Waals surface area contributed by atoms with Crippen LogP contribution in [0.2, 0.25) is 0 Å². The fourth-order valence-electron chi connectivity index (χ4n) is 6.26. The molecule has 0 saturated carbocycles. The Hall–Kier alpha value is -6.91. The highest BCUT2D eigenvalue weighted by Crippen LogP contribution is 2.29. The molecule has 8 aromatic rings. The molecule has 81 heavy (non-hydrogen) atoms. The average molecular weight is 1120 g/mol. The molecule has 1 aliphatic rings. The summed E-state index contributed by atoms with van der Waals surface area (Å²) >= 11 is 0. The number of rotatable bonds is 0. The monoisotopic (exact) mass is 1120 g/mol. The van der Waals surface area contributed by atoms with E-state index in [9.17, 15) is 0 Å². The topological polar surface area (TPSA) is 241 Å². The largest absolute Gasteiger partial charge is 0.367 e. The van der Waals surface area contributed by atoms with Crippen LogP contribution in [0.25, 0.3) is 0 Å². The molecule has 8 aromatic heterocycles. The number of hydrogen-bond donors (Lipinski definition) is 8. The molecule has 0 spiro atoms. The molecule has 9 rings (SSSR count). The van der Waals surface area contributed by atoms with Crippen molar-refractivity contribution in [2.45, 2.75) is 230 Å². The Bertz CT molecular complexity index is 2230. The predicted octanol–water partition coefficient (Wildman–Crippen LogP) is 16.6. The molecular formula is C64H109N17. The number of allylic oxidation sites excluding steroid dienone is 1. The molecule has 17 nitrogen and oxygen atoms in total. The van der Waals surface area contributed by atoms with Crippen molar-refractivity contribution >= 4 is 0 Å². The fraction of sp³-hybridized carbons (Fsp3) is 0.578. The molecule has 0 aromatic carbocycles. The lowest BCUT2D eigenvalue weighted by Gasteiger charge is -2.15. The van der Waals surface area contributed by atoms with Gasteiger partial charge in [0.25, 0.3) is 0 Å². The number of H-pyrrole nitrogens is 8.